The van der Waals surface area contributed by atoms with Crippen molar-refractivity contribution in [3.8, 4) is 6.07 Å². The molecule has 0 saturated carbocycles. The van der Waals surface area contributed by atoms with E-state index in [9.17, 15) is 5.11 Å². The standard InChI is InChI=1S/C12H16N4O/c1-8-7-16(5-3-10(8)17)12-11(14)9(6-13)2-4-15-12/h2,4,8,10,17H,3,5,7,14H2,1H3. The summed E-state index contributed by atoms with van der Waals surface area (Å²) in [7, 11) is 0. The van der Waals surface area contributed by atoms with Crippen LogP contribution >= 0.6 is 0 Å². The predicted octanol–water partition coefficient (Wildman–Crippen LogP) is 0.743. The van der Waals surface area contributed by atoms with Gasteiger partial charge in [0.15, 0.2) is 5.82 Å². The van der Waals surface area contributed by atoms with Crippen molar-refractivity contribution in [3.05, 3.63) is 17.8 Å². The van der Waals surface area contributed by atoms with Crippen LogP contribution in [0.25, 0.3) is 0 Å². The molecule has 90 valence electrons. The third-order valence-electron chi connectivity index (χ3n) is 3.25. The third-order valence-corrected chi connectivity index (χ3v) is 3.25. The molecule has 1 aliphatic rings. The van der Waals surface area contributed by atoms with Crippen LogP contribution in [0.4, 0.5) is 11.5 Å². The largest absolute Gasteiger partial charge is 0.395 e. The molecule has 0 bridgehead atoms. The van der Waals surface area contributed by atoms with Gasteiger partial charge < -0.3 is 15.7 Å². The first-order valence-electron chi connectivity index (χ1n) is 5.71. The van der Waals surface area contributed by atoms with Gasteiger partial charge in [0, 0.05) is 19.3 Å². The predicted molar refractivity (Wildman–Crippen MR) is 65.4 cm³/mol. The highest BCUT2D eigenvalue weighted by Gasteiger charge is 2.26. The molecule has 2 atom stereocenters. The minimum atomic E-state index is -0.258. The first kappa shape index (κ1) is 11.7. The number of aliphatic hydroxyl groups is 1. The van der Waals surface area contributed by atoms with Crippen molar-refractivity contribution in [1.82, 2.24) is 4.98 Å². The van der Waals surface area contributed by atoms with Crippen molar-refractivity contribution in [3.63, 3.8) is 0 Å². The summed E-state index contributed by atoms with van der Waals surface area (Å²) in [6, 6.07) is 3.67. The Bertz CT molecular complexity index is 454. The van der Waals surface area contributed by atoms with Crippen LogP contribution in [0.15, 0.2) is 12.3 Å². The van der Waals surface area contributed by atoms with Gasteiger partial charge in [0.2, 0.25) is 0 Å². The fourth-order valence-electron chi connectivity index (χ4n) is 2.14. The van der Waals surface area contributed by atoms with Crippen LogP contribution in [0.1, 0.15) is 18.9 Å². The summed E-state index contributed by atoms with van der Waals surface area (Å²) in [6.45, 7) is 3.44. The van der Waals surface area contributed by atoms with Crippen molar-refractivity contribution in [2.45, 2.75) is 19.4 Å². The Labute approximate surface area is 100 Å². The van der Waals surface area contributed by atoms with Crippen molar-refractivity contribution in [2.24, 2.45) is 5.92 Å². The summed E-state index contributed by atoms with van der Waals surface area (Å²) in [5.41, 5.74) is 6.80. The number of aliphatic hydroxyl groups excluding tert-OH is 1. The molecule has 5 nitrogen and oxygen atoms in total. The molecule has 0 aromatic carbocycles. The molecule has 1 saturated heterocycles. The van der Waals surface area contributed by atoms with E-state index in [0.29, 0.717) is 30.0 Å². The SMILES string of the molecule is CC1CN(c2nccc(C#N)c2N)CCC1O. The van der Waals surface area contributed by atoms with Crippen LogP contribution in [-0.4, -0.2) is 29.3 Å². The lowest BCUT2D eigenvalue weighted by Gasteiger charge is -2.35. The molecule has 1 aromatic heterocycles. The molecule has 0 aliphatic carbocycles. The summed E-state index contributed by atoms with van der Waals surface area (Å²) >= 11 is 0. The Morgan fingerprint density at radius 1 is 1.65 bits per heavy atom. The van der Waals surface area contributed by atoms with Gasteiger partial charge in [0.25, 0.3) is 0 Å². The fraction of sp³-hybridized carbons (Fsp3) is 0.500. The highest BCUT2D eigenvalue weighted by molar-refractivity contribution is 5.70. The maximum atomic E-state index is 9.68. The lowest BCUT2D eigenvalue weighted by molar-refractivity contribution is 0.0969. The van der Waals surface area contributed by atoms with Crippen LogP contribution in [-0.2, 0) is 0 Å². The fourth-order valence-corrected chi connectivity index (χ4v) is 2.14. The quantitative estimate of drug-likeness (QED) is 0.746. The van der Waals surface area contributed by atoms with E-state index in [4.69, 9.17) is 11.0 Å². The molecule has 2 heterocycles. The normalized spacial score (nSPS) is 24.4. The number of nitriles is 1. The molecule has 0 spiro atoms. The zero-order valence-corrected chi connectivity index (χ0v) is 9.80. The Kier molecular flexibility index (Phi) is 3.16. The van der Waals surface area contributed by atoms with Gasteiger partial charge in [0.1, 0.15) is 6.07 Å². The first-order chi connectivity index (χ1) is 8.13. The average molecular weight is 232 g/mol. The second-order valence-corrected chi connectivity index (χ2v) is 4.49. The molecular weight excluding hydrogens is 216 g/mol. The summed E-state index contributed by atoms with van der Waals surface area (Å²) in [4.78, 5) is 6.27. The Morgan fingerprint density at radius 2 is 2.41 bits per heavy atom. The van der Waals surface area contributed by atoms with E-state index >= 15 is 0 Å². The second-order valence-electron chi connectivity index (χ2n) is 4.49. The van der Waals surface area contributed by atoms with Gasteiger partial charge in [-0.3, -0.25) is 0 Å². The number of hydrogen-bond donors (Lipinski definition) is 2. The maximum absolute atomic E-state index is 9.68. The lowest BCUT2D eigenvalue weighted by Crippen LogP contribution is -2.42. The minimum absolute atomic E-state index is 0.190. The third kappa shape index (κ3) is 2.17. The number of pyridine rings is 1. The summed E-state index contributed by atoms with van der Waals surface area (Å²) in [5, 5.41) is 18.6. The molecule has 3 N–H and O–H groups in total. The van der Waals surface area contributed by atoms with Gasteiger partial charge >= 0.3 is 0 Å². The van der Waals surface area contributed by atoms with Crippen LogP contribution in [0, 0.1) is 17.2 Å². The Morgan fingerprint density at radius 3 is 3.06 bits per heavy atom. The van der Waals surface area contributed by atoms with Crippen molar-refractivity contribution >= 4 is 11.5 Å². The van der Waals surface area contributed by atoms with Gasteiger partial charge in [-0.1, -0.05) is 6.92 Å². The maximum Gasteiger partial charge on any atom is 0.153 e. The van der Waals surface area contributed by atoms with Gasteiger partial charge in [-0.25, -0.2) is 4.98 Å². The van der Waals surface area contributed by atoms with E-state index in [2.05, 4.69) is 11.1 Å². The van der Waals surface area contributed by atoms with E-state index < -0.39 is 0 Å². The number of rotatable bonds is 1. The molecule has 17 heavy (non-hydrogen) atoms. The van der Waals surface area contributed by atoms with Gasteiger partial charge in [-0.05, 0) is 18.4 Å². The van der Waals surface area contributed by atoms with Gasteiger partial charge in [-0.15, -0.1) is 0 Å². The zero-order valence-electron chi connectivity index (χ0n) is 9.80. The zero-order chi connectivity index (χ0) is 12.4. The molecule has 2 unspecified atom stereocenters. The smallest absolute Gasteiger partial charge is 0.153 e. The highest BCUT2D eigenvalue weighted by Crippen LogP contribution is 2.27. The summed E-state index contributed by atoms with van der Waals surface area (Å²) < 4.78 is 0. The monoisotopic (exact) mass is 232 g/mol. The van der Waals surface area contributed by atoms with E-state index in [1.807, 2.05) is 11.8 Å². The molecule has 1 fully saturated rings. The van der Waals surface area contributed by atoms with Gasteiger partial charge in [-0.2, -0.15) is 5.26 Å². The van der Waals surface area contributed by atoms with Crippen molar-refractivity contribution in [1.29, 1.82) is 5.26 Å². The number of aromatic nitrogens is 1. The molecular formula is C12H16N4O. The van der Waals surface area contributed by atoms with Crippen LogP contribution < -0.4 is 10.6 Å². The number of hydrogen-bond acceptors (Lipinski definition) is 5. The van der Waals surface area contributed by atoms with Crippen molar-refractivity contribution < 1.29 is 5.11 Å². The van der Waals surface area contributed by atoms with Crippen LogP contribution in [0.5, 0.6) is 0 Å². The second kappa shape index (κ2) is 4.60. The van der Waals surface area contributed by atoms with E-state index in [1.165, 1.54) is 0 Å². The summed E-state index contributed by atoms with van der Waals surface area (Å²) in [5.74, 6) is 0.846. The molecule has 5 heteroatoms. The first-order valence-corrected chi connectivity index (χ1v) is 5.71. The molecule has 2 rings (SSSR count). The molecule has 0 radical (unpaired) electrons. The van der Waals surface area contributed by atoms with E-state index in [-0.39, 0.29) is 12.0 Å². The molecule has 1 aliphatic heterocycles. The Hall–Kier alpha value is -1.80. The number of anilines is 2. The van der Waals surface area contributed by atoms with Crippen molar-refractivity contribution in [2.75, 3.05) is 23.7 Å². The topological polar surface area (TPSA) is 86.2 Å². The van der Waals surface area contributed by atoms with Crippen LogP contribution in [0.3, 0.4) is 0 Å². The Balaban J connectivity index is 2.27. The molecule has 0 amide bonds. The number of nitrogens with zero attached hydrogens (tertiary/aromatic N) is 3. The van der Waals surface area contributed by atoms with E-state index in [1.54, 1.807) is 12.3 Å². The lowest BCUT2D eigenvalue weighted by atomic mass is 9.96. The van der Waals surface area contributed by atoms with E-state index in [0.717, 1.165) is 6.54 Å². The number of nitrogens with two attached hydrogens (primary N) is 1. The average Bonchev–Trinajstić information content (AvgIpc) is 2.33. The number of piperidine rings is 1. The minimum Gasteiger partial charge on any atom is -0.395 e. The molecule has 1 aromatic rings. The van der Waals surface area contributed by atoms with Gasteiger partial charge in [0.05, 0.1) is 17.4 Å². The highest BCUT2D eigenvalue weighted by atomic mass is 16.3. The summed E-state index contributed by atoms with van der Waals surface area (Å²) in [6.07, 6.45) is 2.05. The van der Waals surface area contributed by atoms with Crippen LogP contribution in [0.2, 0.25) is 0 Å². The number of nitrogen functional groups attached to an aromatic ring is 1.